The standard InChI is InChI=1S/C15H20O3/c1-9-5-4-8-15(3)13(18-15)12-11(7-6-9)10(2)14(16)17-12/h5,11-13H,2,4,6-8H2,1,3H3/b9-5+/t11-,12-,13+,15+/m1/s1. The van der Waals surface area contributed by atoms with Crippen LogP contribution in [0.1, 0.15) is 39.5 Å². The summed E-state index contributed by atoms with van der Waals surface area (Å²) in [5.41, 5.74) is 1.91. The molecule has 0 radical (unpaired) electrons. The number of fused-ring (bicyclic) bond motifs is 3. The van der Waals surface area contributed by atoms with Crippen molar-refractivity contribution in [2.24, 2.45) is 5.92 Å². The average molecular weight is 248 g/mol. The predicted octanol–water partition coefficient (Wildman–Crippen LogP) is 2.76. The molecule has 2 fully saturated rings. The molecule has 0 N–H and O–H groups in total. The van der Waals surface area contributed by atoms with Gasteiger partial charge in [0.15, 0.2) is 0 Å². The van der Waals surface area contributed by atoms with Crippen LogP contribution in [0.5, 0.6) is 0 Å². The van der Waals surface area contributed by atoms with Crippen LogP contribution in [0, 0.1) is 5.92 Å². The van der Waals surface area contributed by atoms with Crippen molar-refractivity contribution in [2.45, 2.75) is 57.3 Å². The van der Waals surface area contributed by atoms with Crippen molar-refractivity contribution in [3.8, 4) is 0 Å². The Morgan fingerprint density at radius 3 is 3.06 bits per heavy atom. The van der Waals surface area contributed by atoms with E-state index in [0.717, 1.165) is 25.7 Å². The van der Waals surface area contributed by atoms with Crippen LogP contribution in [-0.2, 0) is 14.3 Å². The highest BCUT2D eigenvalue weighted by molar-refractivity contribution is 5.91. The molecule has 0 saturated carbocycles. The highest BCUT2D eigenvalue weighted by Crippen LogP contribution is 2.49. The Kier molecular flexibility index (Phi) is 2.63. The normalized spacial score (nSPS) is 46.6. The summed E-state index contributed by atoms with van der Waals surface area (Å²) in [6.07, 6.45) is 6.25. The molecule has 3 nitrogen and oxygen atoms in total. The van der Waals surface area contributed by atoms with E-state index in [1.807, 2.05) is 0 Å². The summed E-state index contributed by atoms with van der Waals surface area (Å²) in [6, 6.07) is 0. The van der Waals surface area contributed by atoms with E-state index in [2.05, 4.69) is 26.5 Å². The van der Waals surface area contributed by atoms with Crippen molar-refractivity contribution in [1.82, 2.24) is 0 Å². The van der Waals surface area contributed by atoms with Crippen LogP contribution in [0.4, 0.5) is 0 Å². The minimum Gasteiger partial charge on any atom is -0.455 e. The Balaban J connectivity index is 1.87. The maximum absolute atomic E-state index is 11.7. The monoisotopic (exact) mass is 248 g/mol. The summed E-state index contributed by atoms with van der Waals surface area (Å²) >= 11 is 0. The third-order valence-corrected chi connectivity index (χ3v) is 4.57. The Bertz CT molecular complexity index is 437. The minimum absolute atomic E-state index is 0.0671. The van der Waals surface area contributed by atoms with Crippen LogP contribution in [0.15, 0.2) is 23.8 Å². The van der Waals surface area contributed by atoms with Gasteiger partial charge >= 0.3 is 5.97 Å². The number of hydrogen-bond acceptors (Lipinski definition) is 3. The second-order valence-electron chi connectivity index (χ2n) is 5.98. The molecule has 2 aliphatic heterocycles. The number of hydrogen-bond donors (Lipinski definition) is 0. The van der Waals surface area contributed by atoms with Crippen molar-refractivity contribution in [1.29, 1.82) is 0 Å². The summed E-state index contributed by atoms with van der Waals surface area (Å²) in [5.74, 6) is -0.102. The van der Waals surface area contributed by atoms with E-state index in [0.29, 0.717) is 5.57 Å². The van der Waals surface area contributed by atoms with Crippen LogP contribution in [0.3, 0.4) is 0 Å². The zero-order valence-corrected chi connectivity index (χ0v) is 11.1. The van der Waals surface area contributed by atoms with Gasteiger partial charge in [-0.2, -0.15) is 0 Å². The molecule has 0 unspecified atom stereocenters. The first-order chi connectivity index (χ1) is 8.51. The van der Waals surface area contributed by atoms with Gasteiger partial charge in [0.25, 0.3) is 0 Å². The molecule has 3 heteroatoms. The molecule has 0 amide bonds. The second-order valence-corrected chi connectivity index (χ2v) is 5.98. The van der Waals surface area contributed by atoms with E-state index < -0.39 is 0 Å². The lowest BCUT2D eigenvalue weighted by Crippen LogP contribution is -2.28. The number of carbonyl (C=O) groups is 1. The topological polar surface area (TPSA) is 38.8 Å². The molecule has 18 heavy (non-hydrogen) atoms. The van der Waals surface area contributed by atoms with E-state index >= 15 is 0 Å². The van der Waals surface area contributed by atoms with Crippen LogP contribution in [-0.4, -0.2) is 23.8 Å². The molecule has 3 aliphatic rings. The Morgan fingerprint density at radius 1 is 1.50 bits per heavy atom. The predicted molar refractivity (Wildman–Crippen MR) is 68.0 cm³/mol. The van der Waals surface area contributed by atoms with Gasteiger partial charge in [0.2, 0.25) is 0 Å². The largest absolute Gasteiger partial charge is 0.455 e. The smallest absolute Gasteiger partial charge is 0.334 e. The van der Waals surface area contributed by atoms with E-state index in [1.165, 1.54) is 5.57 Å². The first kappa shape index (κ1) is 12.0. The van der Waals surface area contributed by atoms with E-state index in [1.54, 1.807) is 0 Å². The Hall–Kier alpha value is -1.09. The van der Waals surface area contributed by atoms with Gasteiger partial charge < -0.3 is 9.47 Å². The number of ether oxygens (including phenoxy) is 2. The number of epoxide rings is 1. The molecule has 1 aliphatic carbocycles. The molecular weight excluding hydrogens is 228 g/mol. The molecule has 0 bridgehead atoms. The van der Waals surface area contributed by atoms with E-state index in [9.17, 15) is 4.79 Å². The number of esters is 1. The van der Waals surface area contributed by atoms with Crippen molar-refractivity contribution >= 4 is 5.97 Å². The van der Waals surface area contributed by atoms with Crippen molar-refractivity contribution in [3.05, 3.63) is 23.8 Å². The fraction of sp³-hybridized carbons (Fsp3) is 0.667. The molecule has 0 spiro atoms. The third kappa shape index (κ3) is 1.81. The highest BCUT2D eigenvalue weighted by atomic mass is 16.6. The quantitative estimate of drug-likeness (QED) is 0.286. The summed E-state index contributed by atoms with van der Waals surface area (Å²) in [7, 11) is 0. The highest BCUT2D eigenvalue weighted by Gasteiger charge is 2.61. The summed E-state index contributed by atoms with van der Waals surface area (Å²) < 4.78 is 11.3. The molecule has 0 aromatic rings. The molecular formula is C15H20O3. The molecule has 0 aromatic carbocycles. The fourth-order valence-electron chi connectivity index (χ4n) is 3.20. The van der Waals surface area contributed by atoms with Gasteiger partial charge in [-0.25, -0.2) is 4.79 Å². The van der Waals surface area contributed by atoms with Crippen LogP contribution in [0.2, 0.25) is 0 Å². The number of rotatable bonds is 0. The van der Waals surface area contributed by atoms with Crippen molar-refractivity contribution < 1.29 is 14.3 Å². The SMILES string of the molecule is C=C1C(=O)O[C@@H]2[C@@H]1CC/C(C)=C/CC[C@]1(C)O[C@@H]21. The fourth-order valence-corrected chi connectivity index (χ4v) is 3.20. The van der Waals surface area contributed by atoms with Gasteiger partial charge in [-0.15, -0.1) is 0 Å². The number of carbonyl (C=O) groups excluding carboxylic acids is 1. The molecule has 2 heterocycles. The Morgan fingerprint density at radius 2 is 2.28 bits per heavy atom. The van der Waals surface area contributed by atoms with Gasteiger partial charge in [0, 0.05) is 11.5 Å². The summed E-state index contributed by atoms with van der Waals surface area (Å²) in [6.45, 7) is 8.17. The lowest BCUT2D eigenvalue weighted by atomic mass is 9.84. The first-order valence-corrected chi connectivity index (χ1v) is 6.74. The minimum atomic E-state index is -0.233. The van der Waals surface area contributed by atoms with Crippen LogP contribution >= 0.6 is 0 Å². The zero-order valence-electron chi connectivity index (χ0n) is 11.1. The molecule has 4 atom stereocenters. The summed E-state index contributed by atoms with van der Waals surface area (Å²) in [4.78, 5) is 11.7. The van der Waals surface area contributed by atoms with Crippen LogP contribution < -0.4 is 0 Å². The lowest BCUT2D eigenvalue weighted by molar-refractivity contribution is -0.140. The van der Waals surface area contributed by atoms with Gasteiger partial charge in [0.1, 0.15) is 12.2 Å². The van der Waals surface area contributed by atoms with Gasteiger partial charge in [-0.3, -0.25) is 0 Å². The third-order valence-electron chi connectivity index (χ3n) is 4.57. The molecule has 0 aromatic heterocycles. The van der Waals surface area contributed by atoms with Gasteiger partial charge in [-0.05, 0) is 39.5 Å². The molecule has 2 saturated heterocycles. The Labute approximate surface area is 108 Å². The first-order valence-electron chi connectivity index (χ1n) is 6.74. The molecule has 98 valence electrons. The van der Waals surface area contributed by atoms with Gasteiger partial charge in [-0.1, -0.05) is 18.2 Å². The van der Waals surface area contributed by atoms with Crippen molar-refractivity contribution in [2.75, 3.05) is 0 Å². The van der Waals surface area contributed by atoms with Crippen molar-refractivity contribution in [3.63, 3.8) is 0 Å². The lowest BCUT2D eigenvalue weighted by Gasteiger charge is -2.19. The van der Waals surface area contributed by atoms with E-state index in [4.69, 9.17) is 9.47 Å². The molecule has 3 rings (SSSR count). The van der Waals surface area contributed by atoms with Gasteiger partial charge in [0.05, 0.1) is 5.60 Å². The maximum Gasteiger partial charge on any atom is 0.334 e. The summed E-state index contributed by atoms with van der Waals surface area (Å²) in [5, 5.41) is 0. The average Bonchev–Trinajstić information content (AvgIpc) is 2.90. The van der Waals surface area contributed by atoms with E-state index in [-0.39, 0.29) is 29.7 Å². The van der Waals surface area contributed by atoms with Crippen LogP contribution in [0.25, 0.3) is 0 Å². The zero-order chi connectivity index (χ0) is 12.9. The number of allylic oxidation sites excluding steroid dienone is 2. The second kappa shape index (κ2) is 3.95. The maximum atomic E-state index is 11.7.